The second kappa shape index (κ2) is 6.34. The fourth-order valence-electron chi connectivity index (χ4n) is 1.96. The maximum atomic E-state index is 12.0. The van der Waals surface area contributed by atoms with E-state index in [2.05, 4.69) is 4.74 Å². The van der Waals surface area contributed by atoms with Crippen molar-refractivity contribution < 1.29 is 28.6 Å². The minimum absolute atomic E-state index is 0.0801. The molecule has 6 heteroatoms. The zero-order valence-electron chi connectivity index (χ0n) is 12.5. The van der Waals surface area contributed by atoms with Crippen LogP contribution in [0.4, 0.5) is 0 Å². The van der Waals surface area contributed by atoms with Gasteiger partial charge < -0.3 is 19.0 Å². The van der Waals surface area contributed by atoms with Gasteiger partial charge in [-0.25, -0.2) is 9.59 Å². The minimum Gasteiger partial charge on any atom is -0.507 e. The molecule has 0 amide bonds. The molecule has 6 nitrogen and oxygen atoms in total. The van der Waals surface area contributed by atoms with E-state index in [4.69, 9.17) is 9.15 Å². The lowest BCUT2D eigenvalue weighted by Crippen LogP contribution is -2.05. The molecular weight excluding hydrogens is 288 g/mol. The van der Waals surface area contributed by atoms with Crippen molar-refractivity contribution in [2.45, 2.75) is 20.5 Å². The first-order valence-electron chi connectivity index (χ1n) is 6.56. The monoisotopic (exact) mass is 304 g/mol. The summed E-state index contributed by atoms with van der Waals surface area (Å²) in [5, 5.41) is 9.67. The summed E-state index contributed by atoms with van der Waals surface area (Å²) in [6.45, 7) is 3.27. The van der Waals surface area contributed by atoms with Gasteiger partial charge in [0.1, 0.15) is 35.0 Å². The molecule has 0 spiro atoms. The van der Waals surface area contributed by atoms with Gasteiger partial charge in [0.05, 0.1) is 7.11 Å². The van der Waals surface area contributed by atoms with E-state index >= 15 is 0 Å². The lowest BCUT2D eigenvalue weighted by Gasteiger charge is -2.05. The maximum Gasteiger partial charge on any atom is 0.342 e. The number of methoxy groups -OCH3 is 1. The maximum absolute atomic E-state index is 12.0. The summed E-state index contributed by atoms with van der Waals surface area (Å²) in [6.07, 6.45) is 0. The van der Waals surface area contributed by atoms with Crippen LogP contribution in [0.5, 0.6) is 5.75 Å². The highest BCUT2D eigenvalue weighted by Crippen LogP contribution is 2.21. The zero-order valence-corrected chi connectivity index (χ0v) is 12.5. The molecule has 0 unspecified atom stereocenters. The minimum atomic E-state index is -0.671. The summed E-state index contributed by atoms with van der Waals surface area (Å²) in [6, 6.07) is 6.11. The number of benzene rings is 1. The van der Waals surface area contributed by atoms with Crippen molar-refractivity contribution in [1.29, 1.82) is 0 Å². The van der Waals surface area contributed by atoms with Crippen LogP contribution in [-0.4, -0.2) is 24.2 Å². The number of hydrogen-bond donors (Lipinski definition) is 1. The number of esters is 2. The van der Waals surface area contributed by atoms with Gasteiger partial charge in [-0.2, -0.15) is 0 Å². The Labute approximate surface area is 127 Å². The average Bonchev–Trinajstić information content (AvgIpc) is 2.87. The smallest absolute Gasteiger partial charge is 0.342 e. The highest BCUT2D eigenvalue weighted by Gasteiger charge is 2.18. The molecule has 116 valence electrons. The Hall–Kier alpha value is -2.76. The standard InChI is InChI=1S/C16H16O6/c1-9-4-5-14(17)13(6-9)16(19)21-8-11-7-12(10(2)22-11)15(18)20-3/h4-7,17H,8H2,1-3H3. The van der Waals surface area contributed by atoms with Crippen molar-refractivity contribution in [3.63, 3.8) is 0 Å². The average molecular weight is 304 g/mol. The van der Waals surface area contributed by atoms with Crippen molar-refractivity contribution in [2.75, 3.05) is 7.11 Å². The first-order valence-corrected chi connectivity index (χ1v) is 6.56. The summed E-state index contributed by atoms with van der Waals surface area (Å²) in [5.74, 6) is -0.638. The normalized spacial score (nSPS) is 10.3. The molecule has 1 heterocycles. The lowest BCUT2D eigenvalue weighted by atomic mass is 10.1. The number of carbonyl (C=O) groups is 2. The van der Waals surface area contributed by atoms with Gasteiger partial charge in [0.15, 0.2) is 0 Å². The van der Waals surface area contributed by atoms with Gasteiger partial charge in [0.2, 0.25) is 0 Å². The van der Waals surface area contributed by atoms with Gasteiger partial charge in [0.25, 0.3) is 0 Å². The van der Waals surface area contributed by atoms with Gasteiger partial charge in [-0.1, -0.05) is 11.6 Å². The molecule has 0 saturated carbocycles. The van der Waals surface area contributed by atoms with E-state index in [0.29, 0.717) is 11.5 Å². The Morgan fingerprint density at radius 3 is 2.55 bits per heavy atom. The summed E-state index contributed by atoms with van der Waals surface area (Å²) < 4.78 is 15.0. The van der Waals surface area contributed by atoms with Crippen LogP contribution >= 0.6 is 0 Å². The molecule has 0 bridgehead atoms. The van der Waals surface area contributed by atoms with E-state index in [0.717, 1.165) is 5.56 Å². The second-order valence-electron chi connectivity index (χ2n) is 4.77. The summed E-state index contributed by atoms with van der Waals surface area (Å²) in [5.41, 5.74) is 1.19. The van der Waals surface area contributed by atoms with Crippen LogP contribution in [0.1, 0.15) is 37.8 Å². The van der Waals surface area contributed by atoms with Crippen molar-refractivity contribution in [2.24, 2.45) is 0 Å². The quantitative estimate of drug-likeness (QED) is 0.874. The van der Waals surface area contributed by atoms with Gasteiger partial charge in [-0.05, 0) is 32.0 Å². The largest absolute Gasteiger partial charge is 0.507 e. The van der Waals surface area contributed by atoms with Crippen LogP contribution < -0.4 is 0 Å². The van der Waals surface area contributed by atoms with E-state index < -0.39 is 11.9 Å². The molecule has 1 N–H and O–H groups in total. The van der Waals surface area contributed by atoms with Crippen molar-refractivity contribution in [3.8, 4) is 5.75 Å². The third kappa shape index (κ3) is 3.28. The Balaban J connectivity index is 2.08. The number of furan rings is 1. The molecule has 0 aliphatic rings. The van der Waals surface area contributed by atoms with Crippen molar-refractivity contribution in [1.82, 2.24) is 0 Å². The molecular formula is C16H16O6. The summed E-state index contributed by atoms with van der Waals surface area (Å²) in [7, 11) is 1.27. The fraction of sp³-hybridized carbons (Fsp3) is 0.250. The van der Waals surface area contributed by atoms with Crippen LogP contribution in [-0.2, 0) is 16.1 Å². The van der Waals surface area contributed by atoms with Gasteiger partial charge in [0, 0.05) is 0 Å². The number of hydrogen-bond acceptors (Lipinski definition) is 6. The van der Waals surface area contributed by atoms with Crippen molar-refractivity contribution >= 4 is 11.9 Å². The van der Waals surface area contributed by atoms with Crippen LogP contribution in [0.15, 0.2) is 28.7 Å². The first kappa shape index (κ1) is 15.6. The van der Waals surface area contributed by atoms with Crippen LogP contribution in [0.2, 0.25) is 0 Å². The molecule has 0 aliphatic heterocycles. The summed E-state index contributed by atoms with van der Waals surface area (Å²) >= 11 is 0. The third-order valence-corrected chi connectivity index (χ3v) is 3.09. The topological polar surface area (TPSA) is 86.0 Å². The molecule has 0 aliphatic carbocycles. The molecule has 0 radical (unpaired) electrons. The molecule has 0 saturated heterocycles. The molecule has 2 aromatic rings. The highest BCUT2D eigenvalue weighted by molar-refractivity contribution is 5.92. The zero-order chi connectivity index (χ0) is 16.3. The van der Waals surface area contributed by atoms with Crippen LogP contribution in [0, 0.1) is 13.8 Å². The van der Waals surface area contributed by atoms with E-state index in [1.165, 1.54) is 25.3 Å². The van der Waals surface area contributed by atoms with E-state index in [-0.39, 0.29) is 23.5 Å². The molecule has 0 fully saturated rings. The Kier molecular flexibility index (Phi) is 4.50. The number of ether oxygens (including phenoxy) is 2. The van der Waals surface area contributed by atoms with Crippen LogP contribution in [0.25, 0.3) is 0 Å². The Morgan fingerprint density at radius 1 is 1.14 bits per heavy atom. The summed E-state index contributed by atoms with van der Waals surface area (Å²) in [4.78, 5) is 23.4. The number of carbonyl (C=O) groups excluding carboxylic acids is 2. The van der Waals surface area contributed by atoms with E-state index in [9.17, 15) is 14.7 Å². The number of aryl methyl sites for hydroxylation is 2. The predicted molar refractivity (Wildman–Crippen MR) is 76.7 cm³/mol. The highest BCUT2D eigenvalue weighted by atomic mass is 16.5. The number of phenolic OH excluding ortho intramolecular Hbond substituents is 1. The van der Waals surface area contributed by atoms with Gasteiger partial charge in [-0.3, -0.25) is 0 Å². The van der Waals surface area contributed by atoms with Crippen molar-refractivity contribution in [3.05, 3.63) is 52.5 Å². The first-order chi connectivity index (χ1) is 10.4. The SMILES string of the molecule is COC(=O)c1cc(COC(=O)c2cc(C)ccc2O)oc1C. The second-order valence-corrected chi connectivity index (χ2v) is 4.77. The van der Waals surface area contributed by atoms with Crippen LogP contribution in [0.3, 0.4) is 0 Å². The number of phenols is 1. The molecule has 2 rings (SSSR count). The van der Waals surface area contributed by atoms with Gasteiger partial charge in [-0.15, -0.1) is 0 Å². The number of aromatic hydroxyl groups is 1. The molecule has 22 heavy (non-hydrogen) atoms. The molecule has 1 aromatic carbocycles. The number of rotatable bonds is 4. The molecule has 0 atom stereocenters. The fourth-order valence-corrected chi connectivity index (χ4v) is 1.96. The third-order valence-electron chi connectivity index (χ3n) is 3.09. The molecule has 1 aromatic heterocycles. The van der Waals surface area contributed by atoms with E-state index in [1.54, 1.807) is 19.9 Å². The predicted octanol–water partition coefficient (Wildman–Crippen LogP) is 2.75. The van der Waals surface area contributed by atoms with E-state index in [1.807, 2.05) is 0 Å². The van der Waals surface area contributed by atoms with Gasteiger partial charge >= 0.3 is 11.9 Å². The Morgan fingerprint density at radius 2 is 1.86 bits per heavy atom. The Bertz CT molecular complexity index is 713. The lowest BCUT2D eigenvalue weighted by molar-refractivity contribution is 0.0440.